The van der Waals surface area contributed by atoms with E-state index in [1.807, 2.05) is 32.9 Å². The number of rotatable bonds is 9. The molecule has 3 aromatic carbocycles. The lowest BCUT2D eigenvalue weighted by Gasteiger charge is -2.32. The number of carbonyl (C=O) groups excluding carboxylic acids is 2. The van der Waals surface area contributed by atoms with Crippen molar-refractivity contribution in [2.24, 2.45) is 0 Å². The minimum absolute atomic E-state index is 0.0657. The Kier molecular flexibility index (Phi) is 8.41. The maximum absolute atomic E-state index is 13.8. The average molecular weight is 643 g/mol. The van der Waals surface area contributed by atoms with E-state index in [4.69, 9.17) is 14.2 Å². The fourth-order valence-corrected chi connectivity index (χ4v) is 5.69. The van der Waals surface area contributed by atoms with Crippen LogP contribution < -0.4 is 9.47 Å². The normalized spacial score (nSPS) is 17.9. The van der Waals surface area contributed by atoms with E-state index in [1.165, 1.54) is 49.1 Å². The van der Waals surface area contributed by atoms with E-state index < -0.39 is 44.1 Å². The Morgan fingerprint density at radius 2 is 1.69 bits per heavy atom. The van der Waals surface area contributed by atoms with Crippen LogP contribution in [-0.4, -0.2) is 45.0 Å². The van der Waals surface area contributed by atoms with Crippen molar-refractivity contribution in [2.75, 3.05) is 13.9 Å². The summed E-state index contributed by atoms with van der Waals surface area (Å²) in [6.45, 7) is 5.67. The standard InChI is InChI=1S/C33H29F3O8S/c1-19(2)8-7-14-32(3)15-13-21-24-17-27(42-18-41-4)25(16-20(24)11-12-26(21)43-32)28-29(37)22-9-5-6-10-23(22)30(38)31(28)44-45(39,40)33(34,35)36/h5-6,8-13,15-17H,7,14,18H2,1-4H3/t32-/m1/s1. The number of benzene rings is 3. The quantitative estimate of drug-likeness (QED) is 0.103. The van der Waals surface area contributed by atoms with Crippen molar-refractivity contribution in [1.82, 2.24) is 0 Å². The smallest absolute Gasteiger partial charge is 0.483 e. The Morgan fingerprint density at radius 3 is 2.33 bits per heavy atom. The number of ether oxygens (including phenoxy) is 3. The van der Waals surface area contributed by atoms with Gasteiger partial charge in [-0.25, -0.2) is 0 Å². The van der Waals surface area contributed by atoms with Crippen LogP contribution in [0.25, 0.3) is 22.4 Å². The highest BCUT2D eigenvalue weighted by molar-refractivity contribution is 7.87. The van der Waals surface area contributed by atoms with Crippen molar-refractivity contribution in [2.45, 2.75) is 44.7 Å². The highest BCUT2D eigenvalue weighted by Crippen LogP contribution is 2.44. The van der Waals surface area contributed by atoms with E-state index in [1.54, 1.807) is 12.1 Å². The largest absolute Gasteiger partial charge is 0.534 e. The fraction of sp³-hybridized carbons (Fsp3) is 0.273. The summed E-state index contributed by atoms with van der Waals surface area (Å²) in [5.41, 5.74) is -5.86. The highest BCUT2D eigenvalue weighted by Gasteiger charge is 2.51. The van der Waals surface area contributed by atoms with Crippen molar-refractivity contribution in [3.05, 3.63) is 94.3 Å². The van der Waals surface area contributed by atoms with Gasteiger partial charge in [0.2, 0.25) is 11.5 Å². The fourth-order valence-electron chi connectivity index (χ4n) is 5.21. The number of carbonyl (C=O) groups is 2. The molecule has 3 aromatic rings. The summed E-state index contributed by atoms with van der Waals surface area (Å²) in [5, 5.41) is 1.10. The second-order valence-corrected chi connectivity index (χ2v) is 12.6. The SMILES string of the molecule is COCOc1cc2c3c(ccc2cc1C1=C(OS(=O)(=O)C(F)(F)F)C(=O)c2ccccc2C1=O)O[C@](C)(CCC=C(C)C)C=C3. The Labute approximate surface area is 257 Å². The maximum Gasteiger partial charge on any atom is 0.534 e. The third-order valence-corrected chi connectivity index (χ3v) is 8.37. The first-order valence-corrected chi connectivity index (χ1v) is 15.2. The monoisotopic (exact) mass is 642 g/mol. The van der Waals surface area contributed by atoms with Crippen LogP contribution in [0.3, 0.4) is 0 Å². The number of Topliss-reactive ketones (excluding diaryl/α,β-unsaturated/α-hetero) is 2. The van der Waals surface area contributed by atoms with Gasteiger partial charge in [0.25, 0.3) is 0 Å². The molecule has 0 bridgehead atoms. The topological polar surface area (TPSA) is 105 Å². The number of alkyl halides is 3. The van der Waals surface area contributed by atoms with Gasteiger partial charge in [-0.15, -0.1) is 0 Å². The summed E-state index contributed by atoms with van der Waals surface area (Å²) in [7, 11) is -4.99. The summed E-state index contributed by atoms with van der Waals surface area (Å²) in [5.74, 6) is -2.91. The van der Waals surface area contributed by atoms with Gasteiger partial charge in [0.15, 0.2) is 12.6 Å². The summed E-state index contributed by atoms with van der Waals surface area (Å²) >= 11 is 0. The van der Waals surface area contributed by atoms with Gasteiger partial charge >= 0.3 is 15.6 Å². The lowest BCUT2D eigenvalue weighted by atomic mass is 9.83. The molecule has 1 atom stereocenters. The van der Waals surface area contributed by atoms with Crippen molar-refractivity contribution < 1.29 is 49.6 Å². The molecule has 5 rings (SSSR count). The van der Waals surface area contributed by atoms with Gasteiger partial charge in [-0.3, -0.25) is 9.59 Å². The maximum atomic E-state index is 13.8. The Bertz CT molecular complexity index is 1920. The zero-order valence-corrected chi connectivity index (χ0v) is 25.6. The number of fused-ring (bicyclic) bond motifs is 4. The third kappa shape index (κ3) is 6.12. The molecule has 0 aromatic heterocycles. The molecule has 45 heavy (non-hydrogen) atoms. The van der Waals surface area contributed by atoms with Gasteiger partial charge in [0.1, 0.15) is 17.1 Å². The molecular formula is C33H29F3O8S. The minimum Gasteiger partial charge on any atom is -0.483 e. The van der Waals surface area contributed by atoms with Crippen LogP contribution in [0.5, 0.6) is 11.5 Å². The van der Waals surface area contributed by atoms with Crippen LogP contribution in [0, 0.1) is 0 Å². The summed E-state index contributed by atoms with van der Waals surface area (Å²) in [4.78, 5) is 27.3. The summed E-state index contributed by atoms with van der Waals surface area (Å²) in [6.07, 6.45) is 7.50. The molecule has 0 fully saturated rings. The molecule has 0 spiro atoms. The predicted octanol–water partition coefficient (Wildman–Crippen LogP) is 7.39. The van der Waals surface area contributed by atoms with Crippen LogP contribution in [-0.2, 0) is 19.0 Å². The number of hydrogen-bond donors (Lipinski definition) is 0. The summed E-state index contributed by atoms with van der Waals surface area (Å²) < 4.78 is 86.1. The molecule has 2 aliphatic rings. The second-order valence-electron chi connectivity index (χ2n) is 11.1. The molecule has 1 aliphatic heterocycles. The van der Waals surface area contributed by atoms with Crippen molar-refractivity contribution in [1.29, 1.82) is 0 Å². The first kappa shape index (κ1) is 32.0. The molecule has 1 heterocycles. The predicted molar refractivity (Wildman–Crippen MR) is 161 cm³/mol. The van der Waals surface area contributed by atoms with E-state index in [2.05, 4.69) is 10.3 Å². The Balaban J connectivity index is 1.71. The Morgan fingerprint density at radius 1 is 1.00 bits per heavy atom. The number of hydrogen-bond acceptors (Lipinski definition) is 8. The van der Waals surface area contributed by atoms with Crippen LogP contribution in [0.4, 0.5) is 13.2 Å². The van der Waals surface area contributed by atoms with Gasteiger partial charge in [0, 0.05) is 29.4 Å². The van der Waals surface area contributed by atoms with Gasteiger partial charge in [-0.1, -0.05) is 48.1 Å². The number of allylic oxidation sites excluding steroid dienone is 4. The van der Waals surface area contributed by atoms with E-state index in [0.717, 1.165) is 12.8 Å². The molecule has 0 radical (unpaired) electrons. The molecule has 0 amide bonds. The van der Waals surface area contributed by atoms with Crippen LogP contribution in [0.2, 0.25) is 0 Å². The molecule has 1 aliphatic carbocycles. The molecule has 236 valence electrons. The van der Waals surface area contributed by atoms with E-state index in [0.29, 0.717) is 22.1 Å². The first-order valence-electron chi connectivity index (χ1n) is 13.8. The van der Waals surface area contributed by atoms with Crippen molar-refractivity contribution in [3.63, 3.8) is 0 Å². The van der Waals surface area contributed by atoms with Gasteiger partial charge in [-0.2, -0.15) is 21.6 Å². The van der Waals surface area contributed by atoms with Crippen molar-refractivity contribution in [3.8, 4) is 11.5 Å². The first-order chi connectivity index (χ1) is 21.2. The molecule has 0 saturated heterocycles. The molecule has 0 N–H and O–H groups in total. The molecular weight excluding hydrogens is 613 g/mol. The third-order valence-electron chi connectivity index (χ3n) is 7.42. The lowest BCUT2D eigenvalue weighted by molar-refractivity contribution is -0.0520. The van der Waals surface area contributed by atoms with Gasteiger partial charge in [0.05, 0.1) is 5.57 Å². The number of ketones is 2. The van der Waals surface area contributed by atoms with Crippen LogP contribution in [0.1, 0.15) is 65.5 Å². The van der Waals surface area contributed by atoms with E-state index >= 15 is 0 Å². The highest BCUT2D eigenvalue weighted by atomic mass is 32.2. The zero-order chi connectivity index (χ0) is 32.7. The van der Waals surface area contributed by atoms with Crippen molar-refractivity contribution >= 4 is 44.1 Å². The summed E-state index contributed by atoms with van der Waals surface area (Å²) in [6, 6.07) is 11.7. The average Bonchev–Trinajstić information content (AvgIpc) is 2.97. The van der Waals surface area contributed by atoms with E-state index in [9.17, 15) is 31.2 Å². The number of methoxy groups -OCH3 is 1. The zero-order valence-electron chi connectivity index (χ0n) is 24.8. The van der Waals surface area contributed by atoms with Gasteiger partial charge in [-0.05, 0) is 68.7 Å². The Hall–Kier alpha value is -4.42. The van der Waals surface area contributed by atoms with E-state index in [-0.39, 0.29) is 29.2 Å². The minimum atomic E-state index is -6.33. The molecule has 0 unspecified atom stereocenters. The van der Waals surface area contributed by atoms with Gasteiger partial charge < -0.3 is 18.4 Å². The van der Waals surface area contributed by atoms with Crippen LogP contribution >= 0.6 is 0 Å². The molecule has 8 nitrogen and oxygen atoms in total. The lowest BCUT2D eigenvalue weighted by Crippen LogP contribution is -2.31. The number of halogens is 3. The molecule has 0 saturated carbocycles. The second kappa shape index (κ2) is 11.8. The van der Waals surface area contributed by atoms with Crippen LogP contribution in [0.15, 0.2) is 72.0 Å². The molecule has 12 heteroatoms.